The fourth-order valence-electron chi connectivity index (χ4n) is 3.44. The van der Waals surface area contributed by atoms with Crippen molar-refractivity contribution in [3.05, 3.63) is 65.9 Å². The standard InChI is InChI=1S/C21H19F2N7O/c22-19(23)21-27-26-20(31-21)14-6-7-16(24-10-14)12-30-13-18(25-28-30)17-5-2-1-4-15(17)11-29-8-3-9-29/h1-2,4-7,10,13,19H,3,8-9,11-12H2. The van der Waals surface area contributed by atoms with E-state index in [1.807, 2.05) is 18.3 Å². The van der Waals surface area contributed by atoms with Gasteiger partial charge in [-0.05, 0) is 37.2 Å². The van der Waals surface area contributed by atoms with Gasteiger partial charge in [0.1, 0.15) is 5.69 Å². The van der Waals surface area contributed by atoms with Crippen LogP contribution in [0.15, 0.2) is 53.2 Å². The second-order valence-corrected chi connectivity index (χ2v) is 7.37. The van der Waals surface area contributed by atoms with E-state index in [4.69, 9.17) is 4.42 Å². The summed E-state index contributed by atoms with van der Waals surface area (Å²) in [5.41, 5.74) is 4.35. The number of aromatic nitrogens is 6. The van der Waals surface area contributed by atoms with Crippen molar-refractivity contribution in [2.24, 2.45) is 0 Å². The number of halogens is 2. The number of hydrogen-bond donors (Lipinski definition) is 0. The molecule has 1 aliphatic rings. The highest BCUT2D eigenvalue weighted by Gasteiger charge is 2.18. The van der Waals surface area contributed by atoms with Gasteiger partial charge in [0.15, 0.2) is 0 Å². The lowest BCUT2D eigenvalue weighted by atomic mass is 10.0. The highest BCUT2D eigenvalue weighted by Crippen LogP contribution is 2.25. The molecule has 1 aliphatic heterocycles. The largest absolute Gasteiger partial charge is 0.415 e. The van der Waals surface area contributed by atoms with Gasteiger partial charge in [-0.2, -0.15) is 8.78 Å². The molecule has 0 atom stereocenters. The number of benzene rings is 1. The van der Waals surface area contributed by atoms with Crippen LogP contribution in [0.3, 0.4) is 0 Å². The van der Waals surface area contributed by atoms with Crippen LogP contribution in [0.25, 0.3) is 22.7 Å². The van der Waals surface area contributed by atoms with Crippen molar-refractivity contribution in [3.8, 4) is 22.7 Å². The molecule has 0 bridgehead atoms. The normalized spacial score (nSPS) is 14.2. The fraction of sp³-hybridized carbons (Fsp3) is 0.286. The topological polar surface area (TPSA) is 85.8 Å². The lowest BCUT2D eigenvalue weighted by Crippen LogP contribution is -2.36. The molecule has 4 heterocycles. The average Bonchev–Trinajstić information content (AvgIpc) is 3.42. The van der Waals surface area contributed by atoms with E-state index in [-0.39, 0.29) is 5.89 Å². The Labute approximate surface area is 176 Å². The molecule has 0 saturated carbocycles. The van der Waals surface area contributed by atoms with E-state index in [1.54, 1.807) is 16.8 Å². The summed E-state index contributed by atoms with van der Waals surface area (Å²) < 4.78 is 31.9. The van der Waals surface area contributed by atoms with Crippen molar-refractivity contribution in [3.63, 3.8) is 0 Å². The van der Waals surface area contributed by atoms with Crippen molar-refractivity contribution in [1.29, 1.82) is 0 Å². The molecule has 5 rings (SSSR count). The molecule has 0 unspecified atom stereocenters. The minimum Gasteiger partial charge on any atom is -0.415 e. The van der Waals surface area contributed by atoms with E-state index in [0.29, 0.717) is 12.1 Å². The SMILES string of the molecule is FC(F)c1nnc(-c2ccc(Cn3cc(-c4ccccc4CN4CCC4)nn3)nc2)o1. The summed E-state index contributed by atoms with van der Waals surface area (Å²) in [4.78, 5) is 6.76. The van der Waals surface area contributed by atoms with E-state index in [0.717, 1.165) is 36.6 Å². The number of alkyl halides is 2. The summed E-state index contributed by atoms with van der Waals surface area (Å²) in [6.07, 6.45) is 1.87. The van der Waals surface area contributed by atoms with Gasteiger partial charge in [0.05, 0.1) is 24.0 Å². The summed E-state index contributed by atoms with van der Waals surface area (Å²) in [6, 6.07) is 11.7. The molecule has 10 heteroatoms. The maximum absolute atomic E-state index is 12.6. The van der Waals surface area contributed by atoms with Crippen LogP contribution in [-0.4, -0.2) is 48.2 Å². The first-order valence-electron chi connectivity index (χ1n) is 9.93. The summed E-state index contributed by atoms with van der Waals surface area (Å²) in [6.45, 7) is 3.61. The van der Waals surface area contributed by atoms with E-state index in [2.05, 4.69) is 42.5 Å². The Balaban J connectivity index is 1.30. The van der Waals surface area contributed by atoms with Crippen LogP contribution in [0.5, 0.6) is 0 Å². The predicted molar refractivity (Wildman–Crippen MR) is 107 cm³/mol. The minimum absolute atomic E-state index is 0.0104. The van der Waals surface area contributed by atoms with Gasteiger partial charge in [0, 0.05) is 18.3 Å². The number of pyridine rings is 1. The first-order chi connectivity index (χ1) is 15.2. The van der Waals surface area contributed by atoms with Gasteiger partial charge in [-0.15, -0.1) is 15.3 Å². The van der Waals surface area contributed by atoms with E-state index in [1.165, 1.54) is 18.2 Å². The number of hydrogen-bond acceptors (Lipinski definition) is 7. The van der Waals surface area contributed by atoms with Gasteiger partial charge in [0.25, 0.3) is 5.89 Å². The zero-order valence-electron chi connectivity index (χ0n) is 16.5. The molecule has 158 valence electrons. The third kappa shape index (κ3) is 4.19. The Bertz CT molecular complexity index is 1170. The van der Waals surface area contributed by atoms with Gasteiger partial charge in [0.2, 0.25) is 5.89 Å². The van der Waals surface area contributed by atoms with Crippen LogP contribution in [-0.2, 0) is 13.1 Å². The molecular formula is C21H19F2N7O. The van der Waals surface area contributed by atoms with Crippen molar-refractivity contribution >= 4 is 0 Å². The van der Waals surface area contributed by atoms with Crippen LogP contribution in [0.4, 0.5) is 8.78 Å². The Morgan fingerprint density at radius 2 is 1.87 bits per heavy atom. The van der Waals surface area contributed by atoms with Crippen molar-refractivity contribution < 1.29 is 13.2 Å². The van der Waals surface area contributed by atoms with Crippen LogP contribution in [0.1, 0.15) is 30.0 Å². The Morgan fingerprint density at radius 1 is 1.00 bits per heavy atom. The molecule has 1 aromatic carbocycles. The van der Waals surface area contributed by atoms with Crippen molar-refractivity contribution in [2.45, 2.75) is 25.9 Å². The second-order valence-electron chi connectivity index (χ2n) is 7.37. The molecule has 8 nitrogen and oxygen atoms in total. The first-order valence-corrected chi connectivity index (χ1v) is 9.93. The quantitative estimate of drug-likeness (QED) is 0.449. The number of rotatable bonds is 7. The lowest BCUT2D eigenvalue weighted by molar-refractivity contribution is 0.116. The Hall–Kier alpha value is -3.53. The van der Waals surface area contributed by atoms with Crippen LogP contribution < -0.4 is 0 Å². The average molecular weight is 423 g/mol. The molecule has 4 aromatic rings. The molecule has 0 amide bonds. The molecule has 0 N–H and O–H groups in total. The highest BCUT2D eigenvalue weighted by atomic mass is 19.3. The van der Waals surface area contributed by atoms with Gasteiger partial charge in [-0.1, -0.05) is 29.5 Å². The third-order valence-electron chi connectivity index (χ3n) is 5.20. The number of nitrogens with zero attached hydrogens (tertiary/aromatic N) is 7. The molecule has 31 heavy (non-hydrogen) atoms. The molecule has 0 spiro atoms. The number of likely N-dealkylation sites (tertiary alicyclic amines) is 1. The summed E-state index contributed by atoms with van der Waals surface area (Å²) in [5.74, 6) is -0.695. The predicted octanol–water partition coefficient (Wildman–Crippen LogP) is 3.58. The molecule has 0 aliphatic carbocycles. The monoisotopic (exact) mass is 423 g/mol. The molecule has 0 radical (unpaired) electrons. The van der Waals surface area contributed by atoms with Crippen LogP contribution in [0, 0.1) is 0 Å². The van der Waals surface area contributed by atoms with Crippen LogP contribution >= 0.6 is 0 Å². The summed E-state index contributed by atoms with van der Waals surface area (Å²) in [5, 5.41) is 15.5. The van der Waals surface area contributed by atoms with Gasteiger partial charge in [-0.25, -0.2) is 4.68 Å². The molecule has 3 aromatic heterocycles. The smallest absolute Gasteiger partial charge is 0.314 e. The second kappa shape index (κ2) is 8.31. The lowest BCUT2D eigenvalue weighted by Gasteiger charge is -2.31. The van der Waals surface area contributed by atoms with Crippen LogP contribution in [0.2, 0.25) is 0 Å². The molecule has 1 saturated heterocycles. The maximum Gasteiger partial charge on any atom is 0.314 e. The molecule has 1 fully saturated rings. The Morgan fingerprint density at radius 3 is 2.58 bits per heavy atom. The zero-order valence-corrected chi connectivity index (χ0v) is 16.5. The fourth-order valence-corrected chi connectivity index (χ4v) is 3.44. The third-order valence-corrected chi connectivity index (χ3v) is 5.20. The minimum atomic E-state index is -2.80. The van der Waals surface area contributed by atoms with Crippen molar-refractivity contribution in [2.75, 3.05) is 13.1 Å². The highest BCUT2D eigenvalue weighted by molar-refractivity contribution is 5.62. The van der Waals surface area contributed by atoms with Gasteiger partial charge < -0.3 is 4.42 Å². The van der Waals surface area contributed by atoms with E-state index >= 15 is 0 Å². The van der Waals surface area contributed by atoms with Crippen molar-refractivity contribution in [1.82, 2.24) is 35.1 Å². The molecular weight excluding hydrogens is 404 g/mol. The summed E-state index contributed by atoms with van der Waals surface area (Å²) in [7, 11) is 0. The maximum atomic E-state index is 12.6. The van der Waals surface area contributed by atoms with Gasteiger partial charge >= 0.3 is 6.43 Å². The van der Waals surface area contributed by atoms with Gasteiger partial charge in [-0.3, -0.25) is 9.88 Å². The van der Waals surface area contributed by atoms with E-state index in [9.17, 15) is 8.78 Å². The van der Waals surface area contributed by atoms with E-state index < -0.39 is 12.3 Å². The first kappa shape index (κ1) is 19.4. The zero-order chi connectivity index (χ0) is 21.2. The summed E-state index contributed by atoms with van der Waals surface area (Å²) >= 11 is 0. The Kier molecular flexibility index (Phi) is 5.21.